The molecule has 0 fully saturated rings. The monoisotopic (exact) mass is 281 g/mol. The van der Waals surface area contributed by atoms with Gasteiger partial charge in [-0.1, -0.05) is 35.8 Å². The van der Waals surface area contributed by atoms with Gasteiger partial charge in [0.1, 0.15) is 0 Å². The molecule has 16 heavy (non-hydrogen) atoms. The second-order valence-electron chi connectivity index (χ2n) is 4.36. The number of nitrogens with two attached hydrogens (primary N) is 1. The van der Waals surface area contributed by atoms with E-state index in [0.717, 1.165) is 16.7 Å². The lowest BCUT2D eigenvalue weighted by molar-refractivity contribution is 0.517. The van der Waals surface area contributed by atoms with Crippen molar-refractivity contribution in [2.75, 3.05) is 11.4 Å². The van der Waals surface area contributed by atoms with Crippen LogP contribution in [-0.4, -0.2) is 18.5 Å². The second kappa shape index (κ2) is 4.45. The predicted octanol–water partition coefficient (Wildman–Crippen LogP) is 2.61. The van der Waals surface area contributed by atoms with E-state index in [2.05, 4.69) is 51.8 Å². The largest absolute Gasteiger partial charge is 0.370 e. The average molecular weight is 282 g/mol. The fourth-order valence-corrected chi connectivity index (χ4v) is 2.36. The number of aliphatic imine (C=N–C) groups is 1. The van der Waals surface area contributed by atoms with Crippen LogP contribution >= 0.6 is 15.9 Å². The van der Waals surface area contributed by atoms with Crippen LogP contribution in [0, 0.1) is 5.92 Å². The van der Waals surface area contributed by atoms with Crippen molar-refractivity contribution in [2.24, 2.45) is 16.6 Å². The summed E-state index contributed by atoms with van der Waals surface area (Å²) >= 11 is 3.48. The van der Waals surface area contributed by atoms with Crippen LogP contribution in [-0.2, 0) is 0 Å². The lowest BCUT2D eigenvalue weighted by atomic mass is 10.0. The molecule has 0 radical (unpaired) electrons. The first-order chi connectivity index (χ1) is 7.59. The topological polar surface area (TPSA) is 41.6 Å². The predicted molar refractivity (Wildman–Crippen MR) is 71.7 cm³/mol. The van der Waals surface area contributed by atoms with Gasteiger partial charge in [-0.05, 0) is 24.1 Å². The molecule has 0 saturated heterocycles. The van der Waals surface area contributed by atoms with Crippen molar-refractivity contribution in [2.45, 2.75) is 19.9 Å². The fraction of sp³-hybridized carbons (Fsp3) is 0.417. The molecule has 1 heterocycles. The Morgan fingerprint density at radius 1 is 1.50 bits per heavy atom. The van der Waals surface area contributed by atoms with Crippen molar-refractivity contribution in [3.05, 3.63) is 28.7 Å². The molecule has 0 bridgehead atoms. The number of hydrogen-bond acceptors (Lipinski definition) is 3. The first kappa shape index (κ1) is 11.5. The van der Waals surface area contributed by atoms with Gasteiger partial charge in [0, 0.05) is 10.2 Å². The summed E-state index contributed by atoms with van der Waals surface area (Å²) in [6, 6.07) is 8.53. The molecule has 86 valence electrons. The van der Waals surface area contributed by atoms with Crippen molar-refractivity contribution < 1.29 is 0 Å². The molecule has 1 aromatic rings. The van der Waals surface area contributed by atoms with Crippen LogP contribution in [0.25, 0.3) is 0 Å². The zero-order valence-corrected chi connectivity index (χ0v) is 11.1. The van der Waals surface area contributed by atoms with Crippen LogP contribution in [0.5, 0.6) is 0 Å². The molecule has 2 rings (SSSR count). The first-order valence-electron chi connectivity index (χ1n) is 5.44. The van der Waals surface area contributed by atoms with Gasteiger partial charge in [-0.25, -0.2) is 0 Å². The molecule has 1 unspecified atom stereocenters. The molecule has 1 aliphatic heterocycles. The Labute approximate surface area is 104 Å². The van der Waals surface area contributed by atoms with Gasteiger partial charge in [-0.3, -0.25) is 4.99 Å². The van der Waals surface area contributed by atoms with Gasteiger partial charge in [-0.2, -0.15) is 0 Å². The molecular formula is C12H16BrN3. The lowest BCUT2D eigenvalue weighted by Gasteiger charge is -2.29. The maximum absolute atomic E-state index is 5.95. The Morgan fingerprint density at radius 2 is 2.25 bits per heavy atom. The van der Waals surface area contributed by atoms with E-state index in [0.29, 0.717) is 17.9 Å². The number of halogens is 1. The standard InChI is InChI=1S/C12H16BrN3/c1-8(2)11-7-15-12(14)16(11)10-5-3-4-9(13)6-10/h3-6,8,11H,7H2,1-2H3,(H2,14,15). The number of hydrogen-bond donors (Lipinski definition) is 1. The van der Waals surface area contributed by atoms with Gasteiger partial charge in [-0.15, -0.1) is 0 Å². The van der Waals surface area contributed by atoms with E-state index >= 15 is 0 Å². The van der Waals surface area contributed by atoms with Gasteiger partial charge >= 0.3 is 0 Å². The van der Waals surface area contributed by atoms with Crippen LogP contribution in [0.2, 0.25) is 0 Å². The lowest BCUT2D eigenvalue weighted by Crippen LogP contribution is -2.43. The molecule has 0 spiro atoms. The van der Waals surface area contributed by atoms with Gasteiger partial charge in [0.25, 0.3) is 0 Å². The maximum atomic E-state index is 5.95. The molecule has 1 aliphatic rings. The normalized spacial score (nSPS) is 20.4. The van der Waals surface area contributed by atoms with Crippen molar-refractivity contribution in [1.29, 1.82) is 0 Å². The molecular weight excluding hydrogens is 266 g/mol. The highest BCUT2D eigenvalue weighted by Crippen LogP contribution is 2.27. The number of nitrogens with zero attached hydrogens (tertiary/aromatic N) is 2. The summed E-state index contributed by atoms with van der Waals surface area (Å²) in [6.45, 7) is 5.18. The fourth-order valence-electron chi connectivity index (χ4n) is 1.97. The Morgan fingerprint density at radius 3 is 2.88 bits per heavy atom. The highest BCUT2D eigenvalue weighted by molar-refractivity contribution is 9.10. The second-order valence-corrected chi connectivity index (χ2v) is 5.28. The zero-order chi connectivity index (χ0) is 11.7. The van der Waals surface area contributed by atoms with E-state index in [1.54, 1.807) is 0 Å². The number of anilines is 1. The van der Waals surface area contributed by atoms with Crippen molar-refractivity contribution in [3.8, 4) is 0 Å². The Balaban J connectivity index is 2.34. The molecule has 1 atom stereocenters. The van der Waals surface area contributed by atoms with E-state index in [-0.39, 0.29) is 0 Å². The van der Waals surface area contributed by atoms with Gasteiger partial charge in [0.05, 0.1) is 12.6 Å². The van der Waals surface area contributed by atoms with Crippen molar-refractivity contribution in [1.82, 2.24) is 0 Å². The Bertz CT molecular complexity index is 414. The average Bonchev–Trinajstić information content (AvgIpc) is 2.60. The van der Waals surface area contributed by atoms with Gasteiger partial charge < -0.3 is 10.6 Å². The summed E-state index contributed by atoms with van der Waals surface area (Å²) in [5.41, 5.74) is 7.05. The summed E-state index contributed by atoms with van der Waals surface area (Å²) in [4.78, 5) is 6.45. The van der Waals surface area contributed by atoms with Crippen LogP contribution in [0.15, 0.2) is 33.7 Å². The molecule has 2 N–H and O–H groups in total. The van der Waals surface area contributed by atoms with Gasteiger partial charge in [0.2, 0.25) is 0 Å². The summed E-state index contributed by atoms with van der Waals surface area (Å²) in [5, 5.41) is 0. The first-order valence-corrected chi connectivity index (χ1v) is 6.23. The van der Waals surface area contributed by atoms with Crippen molar-refractivity contribution >= 4 is 27.6 Å². The molecule has 1 aromatic carbocycles. The summed E-state index contributed by atoms with van der Waals surface area (Å²) in [6.07, 6.45) is 0. The molecule has 0 amide bonds. The molecule has 0 aromatic heterocycles. The number of benzene rings is 1. The smallest absolute Gasteiger partial charge is 0.196 e. The Kier molecular flexibility index (Phi) is 3.19. The molecule has 4 heteroatoms. The van der Waals surface area contributed by atoms with E-state index in [1.165, 1.54) is 0 Å². The molecule has 3 nitrogen and oxygen atoms in total. The third-order valence-electron chi connectivity index (χ3n) is 2.87. The number of rotatable bonds is 2. The van der Waals surface area contributed by atoms with Crippen molar-refractivity contribution in [3.63, 3.8) is 0 Å². The number of guanidine groups is 1. The summed E-state index contributed by atoms with van der Waals surface area (Å²) in [7, 11) is 0. The highest BCUT2D eigenvalue weighted by Gasteiger charge is 2.29. The molecule has 0 aliphatic carbocycles. The maximum Gasteiger partial charge on any atom is 0.196 e. The van der Waals surface area contributed by atoms with E-state index in [9.17, 15) is 0 Å². The third kappa shape index (κ3) is 2.07. The quantitative estimate of drug-likeness (QED) is 0.906. The minimum atomic E-state index is 0.370. The van der Waals surface area contributed by atoms with E-state index in [4.69, 9.17) is 5.73 Å². The van der Waals surface area contributed by atoms with Crippen LogP contribution in [0.3, 0.4) is 0 Å². The van der Waals surface area contributed by atoms with E-state index < -0.39 is 0 Å². The zero-order valence-electron chi connectivity index (χ0n) is 9.52. The van der Waals surface area contributed by atoms with Crippen LogP contribution in [0.4, 0.5) is 5.69 Å². The SMILES string of the molecule is CC(C)C1CN=C(N)N1c1cccc(Br)c1. The van der Waals surface area contributed by atoms with E-state index in [1.807, 2.05) is 12.1 Å². The summed E-state index contributed by atoms with van der Waals surface area (Å²) < 4.78 is 1.06. The molecule has 0 saturated carbocycles. The minimum Gasteiger partial charge on any atom is -0.370 e. The van der Waals surface area contributed by atoms with Crippen LogP contribution in [0.1, 0.15) is 13.8 Å². The minimum absolute atomic E-state index is 0.370. The summed E-state index contributed by atoms with van der Waals surface area (Å²) in [5.74, 6) is 1.15. The van der Waals surface area contributed by atoms with Crippen LogP contribution < -0.4 is 10.6 Å². The highest BCUT2D eigenvalue weighted by atomic mass is 79.9. The third-order valence-corrected chi connectivity index (χ3v) is 3.37. The Hall–Kier alpha value is -1.03. The van der Waals surface area contributed by atoms with Gasteiger partial charge in [0.15, 0.2) is 5.96 Å².